The zero-order chi connectivity index (χ0) is 12.3. The van der Waals surface area contributed by atoms with Crippen molar-refractivity contribution in [2.24, 2.45) is 5.16 Å². The predicted octanol–water partition coefficient (Wildman–Crippen LogP) is 2.76. The van der Waals surface area contributed by atoms with Crippen molar-refractivity contribution in [2.45, 2.75) is 25.7 Å². The summed E-state index contributed by atoms with van der Waals surface area (Å²) in [5.74, 6) is 2.20. The van der Waals surface area contributed by atoms with E-state index in [4.69, 9.17) is 11.3 Å². The van der Waals surface area contributed by atoms with E-state index in [2.05, 4.69) is 11.1 Å². The molecule has 0 aliphatic heterocycles. The van der Waals surface area contributed by atoms with Crippen molar-refractivity contribution >= 4 is 12.2 Å². The lowest BCUT2D eigenvalue weighted by Gasteiger charge is -1.96. The van der Waals surface area contributed by atoms with Crippen LogP contribution in [0.5, 0.6) is 0 Å². The van der Waals surface area contributed by atoms with Crippen LogP contribution >= 0.6 is 0 Å². The normalized spacial score (nSPS) is 10.1. The van der Waals surface area contributed by atoms with Gasteiger partial charge in [-0.05, 0) is 18.4 Å². The van der Waals surface area contributed by atoms with Gasteiger partial charge in [-0.2, -0.15) is 0 Å². The molecule has 3 heteroatoms. The van der Waals surface area contributed by atoms with Crippen LogP contribution in [0, 0.1) is 12.3 Å². The lowest BCUT2D eigenvalue weighted by atomic mass is 10.2. The van der Waals surface area contributed by atoms with Crippen LogP contribution in [0.15, 0.2) is 35.5 Å². The van der Waals surface area contributed by atoms with Gasteiger partial charge in [0.15, 0.2) is 0 Å². The average Bonchev–Trinajstić information content (AvgIpc) is 2.36. The molecule has 0 saturated carbocycles. The Morgan fingerprint density at radius 3 is 2.82 bits per heavy atom. The van der Waals surface area contributed by atoms with Crippen molar-refractivity contribution < 1.29 is 9.63 Å². The van der Waals surface area contributed by atoms with Crippen molar-refractivity contribution in [3.8, 4) is 12.3 Å². The molecule has 1 rings (SSSR count). The third-order valence-electron chi connectivity index (χ3n) is 2.11. The van der Waals surface area contributed by atoms with Gasteiger partial charge in [0, 0.05) is 12.8 Å². The first-order valence-electron chi connectivity index (χ1n) is 5.54. The summed E-state index contributed by atoms with van der Waals surface area (Å²) in [5.41, 5.74) is 0.896. The number of oxime groups is 1. The van der Waals surface area contributed by atoms with E-state index >= 15 is 0 Å². The van der Waals surface area contributed by atoms with Gasteiger partial charge in [-0.3, -0.25) is 0 Å². The molecule has 0 bridgehead atoms. The summed E-state index contributed by atoms with van der Waals surface area (Å²) < 4.78 is 0. The predicted molar refractivity (Wildman–Crippen MR) is 67.4 cm³/mol. The number of carbonyl (C=O) groups is 1. The third kappa shape index (κ3) is 6.16. The molecule has 0 aromatic heterocycles. The fourth-order valence-corrected chi connectivity index (χ4v) is 1.23. The second-order valence-electron chi connectivity index (χ2n) is 3.52. The molecular weight excluding hydrogens is 214 g/mol. The highest BCUT2D eigenvalue weighted by molar-refractivity contribution is 5.80. The van der Waals surface area contributed by atoms with Gasteiger partial charge in [-0.25, -0.2) is 4.79 Å². The van der Waals surface area contributed by atoms with Gasteiger partial charge < -0.3 is 4.84 Å². The lowest BCUT2D eigenvalue weighted by Crippen LogP contribution is -1.99. The summed E-state index contributed by atoms with van der Waals surface area (Å²) in [5, 5.41) is 3.63. The number of nitrogens with zero attached hydrogens (tertiary/aromatic N) is 1. The molecule has 0 heterocycles. The molecule has 1 aromatic rings. The van der Waals surface area contributed by atoms with Crippen LogP contribution in [0.25, 0.3) is 0 Å². The Morgan fingerprint density at radius 2 is 2.12 bits per heavy atom. The van der Waals surface area contributed by atoms with Crippen molar-refractivity contribution in [1.82, 2.24) is 0 Å². The molecule has 0 N–H and O–H groups in total. The molecule has 0 unspecified atom stereocenters. The molecule has 0 amide bonds. The maximum absolute atomic E-state index is 11.2. The second-order valence-corrected chi connectivity index (χ2v) is 3.52. The van der Waals surface area contributed by atoms with Gasteiger partial charge in [0.2, 0.25) is 0 Å². The van der Waals surface area contributed by atoms with E-state index in [-0.39, 0.29) is 5.97 Å². The van der Waals surface area contributed by atoms with Gasteiger partial charge in [-0.15, -0.1) is 12.3 Å². The number of terminal acetylenes is 1. The van der Waals surface area contributed by atoms with Crippen LogP contribution in [0.2, 0.25) is 0 Å². The standard InChI is InChI=1S/C14H15NO2/c1-2-3-4-8-11-14(16)17-15-12-13-9-6-5-7-10-13/h1,5-7,9-10,12H,3-4,8,11H2/b15-12-. The first-order chi connectivity index (χ1) is 8.33. The van der Waals surface area contributed by atoms with Gasteiger partial charge in [-0.1, -0.05) is 35.5 Å². The number of hydrogen-bond donors (Lipinski definition) is 0. The Balaban J connectivity index is 2.20. The van der Waals surface area contributed by atoms with Crippen LogP contribution in [-0.2, 0) is 9.63 Å². The van der Waals surface area contributed by atoms with E-state index in [1.54, 1.807) is 0 Å². The molecular formula is C14H15NO2. The van der Waals surface area contributed by atoms with E-state index in [9.17, 15) is 4.79 Å². The summed E-state index contributed by atoms with van der Waals surface area (Å²) in [6, 6.07) is 9.45. The molecule has 0 spiro atoms. The van der Waals surface area contributed by atoms with E-state index in [1.165, 1.54) is 6.21 Å². The van der Waals surface area contributed by atoms with E-state index < -0.39 is 0 Å². The molecule has 0 aliphatic carbocycles. The summed E-state index contributed by atoms with van der Waals surface area (Å²) in [6.45, 7) is 0. The molecule has 0 aliphatic rings. The first kappa shape index (κ1) is 13.0. The number of benzene rings is 1. The zero-order valence-electron chi connectivity index (χ0n) is 9.63. The lowest BCUT2D eigenvalue weighted by molar-refractivity contribution is -0.143. The average molecular weight is 229 g/mol. The molecule has 88 valence electrons. The Morgan fingerprint density at radius 1 is 1.35 bits per heavy atom. The highest BCUT2D eigenvalue weighted by Gasteiger charge is 2.00. The first-order valence-corrected chi connectivity index (χ1v) is 5.54. The van der Waals surface area contributed by atoms with Crippen LogP contribution in [0.1, 0.15) is 31.2 Å². The van der Waals surface area contributed by atoms with Crippen molar-refractivity contribution in [3.63, 3.8) is 0 Å². The topological polar surface area (TPSA) is 38.7 Å². The minimum absolute atomic E-state index is 0.325. The van der Waals surface area contributed by atoms with Crippen LogP contribution < -0.4 is 0 Å². The maximum Gasteiger partial charge on any atom is 0.335 e. The highest BCUT2D eigenvalue weighted by Crippen LogP contribution is 2.01. The summed E-state index contributed by atoms with van der Waals surface area (Å²) in [6.07, 6.45) is 9.24. The molecule has 17 heavy (non-hydrogen) atoms. The van der Waals surface area contributed by atoms with E-state index in [0.717, 1.165) is 18.4 Å². The van der Waals surface area contributed by atoms with Gasteiger partial charge in [0.25, 0.3) is 0 Å². The highest BCUT2D eigenvalue weighted by atomic mass is 16.7. The van der Waals surface area contributed by atoms with Crippen LogP contribution in [0.3, 0.4) is 0 Å². The third-order valence-corrected chi connectivity index (χ3v) is 2.11. The SMILES string of the molecule is C#CCCCCC(=O)O/N=C\c1ccccc1. The minimum atomic E-state index is -0.325. The Kier molecular flexibility index (Phi) is 6.20. The number of carbonyl (C=O) groups excluding carboxylic acids is 1. The fraction of sp³-hybridized carbons (Fsp3) is 0.286. The van der Waals surface area contributed by atoms with Gasteiger partial charge in [0.05, 0.1) is 6.21 Å². The molecule has 0 atom stereocenters. The number of unbranched alkanes of at least 4 members (excludes halogenated alkanes) is 2. The van der Waals surface area contributed by atoms with Gasteiger partial charge >= 0.3 is 5.97 Å². The van der Waals surface area contributed by atoms with Crippen LogP contribution in [-0.4, -0.2) is 12.2 Å². The minimum Gasteiger partial charge on any atom is -0.318 e. The Hall–Kier alpha value is -2.08. The van der Waals surface area contributed by atoms with Crippen LogP contribution in [0.4, 0.5) is 0 Å². The molecule has 3 nitrogen and oxygen atoms in total. The largest absolute Gasteiger partial charge is 0.335 e. The molecule has 0 fully saturated rings. The van der Waals surface area contributed by atoms with E-state index in [1.807, 2.05) is 30.3 Å². The smallest absolute Gasteiger partial charge is 0.318 e. The fourth-order valence-electron chi connectivity index (χ4n) is 1.23. The Bertz CT molecular complexity index is 404. The van der Waals surface area contributed by atoms with Crippen molar-refractivity contribution in [2.75, 3.05) is 0 Å². The number of rotatable bonds is 6. The quantitative estimate of drug-likeness (QED) is 0.247. The summed E-state index contributed by atoms with van der Waals surface area (Å²) >= 11 is 0. The van der Waals surface area contributed by atoms with Gasteiger partial charge in [0.1, 0.15) is 0 Å². The zero-order valence-corrected chi connectivity index (χ0v) is 9.63. The molecule has 1 aromatic carbocycles. The molecule has 0 radical (unpaired) electrons. The second kappa shape index (κ2) is 8.12. The monoisotopic (exact) mass is 229 g/mol. The Labute approximate surface area is 101 Å². The van der Waals surface area contributed by atoms with E-state index in [0.29, 0.717) is 12.8 Å². The van der Waals surface area contributed by atoms with Crippen molar-refractivity contribution in [3.05, 3.63) is 35.9 Å². The maximum atomic E-state index is 11.2. The summed E-state index contributed by atoms with van der Waals surface area (Å²) in [7, 11) is 0. The molecule has 0 saturated heterocycles. The van der Waals surface area contributed by atoms with Crippen molar-refractivity contribution in [1.29, 1.82) is 0 Å². The summed E-state index contributed by atoms with van der Waals surface area (Å²) in [4.78, 5) is 15.9. The number of hydrogen-bond acceptors (Lipinski definition) is 3.